The first-order valence-corrected chi connectivity index (χ1v) is 5.76. The van der Waals surface area contributed by atoms with Crippen molar-refractivity contribution in [1.29, 1.82) is 5.41 Å². The number of halogens is 1. The number of unbranched alkanes of at least 4 members (excludes halogenated alkanes) is 1. The Balaban J connectivity index is 2.51. The topological polar surface area (TPSA) is 81.6 Å². The van der Waals surface area contributed by atoms with Crippen LogP contribution in [0, 0.1) is 5.41 Å². The summed E-state index contributed by atoms with van der Waals surface area (Å²) in [7, 11) is 0. The molecule has 0 aliphatic carbocycles. The minimum Gasteiger partial charge on any atom is -0.325 e. The van der Waals surface area contributed by atoms with Gasteiger partial charge in [-0.3, -0.25) is 10.2 Å². The number of H-pyrrole nitrogens is 1. The Morgan fingerprint density at radius 2 is 2.47 bits per heavy atom. The van der Waals surface area contributed by atoms with Crippen LogP contribution in [-0.2, 0) is 4.79 Å². The molecule has 0 aliphatic rings. The summed E-state index contributed by atoms with van der Waals surface area (Å²) < 4.78 is 0. The Kier molecular flexibility index (Phi) is 5.42. The van der Waals surface area contributed by atoms with Crippen LogP contribution in [0.4, 0.5) is 5.82 Å². The summed E-state index contributed by atoms with van der Waals surface area (Å²) in [6, 6.07) is 0. The van der Waals surface area contributed by atoms with E-state index in [2.05, 4.69) is 15.3 Å². The smallest absolute Gasteiger partial charge is 0.225 e. The average Bonchev–Trinajstić information content (AvgIpc) is 2.71. The first kappa shape index (κ1) is 13.4. The lowest BCUT2D eigenvalue weighted by Gasteiger charge is -2.00. The highest BCUT2D eigenvalue weighted by molar-refractivity contribution is 6.67. The molecule has 0 aromatic carbocycles. The van der Waals surface area contributed by atoms with E-state index in [0.717, 1.165) is 12.8 Å². The number of hydrogen-bond donors (Lipinski definition) is 3. The highest BCUT2D eigenvalue weighted by Gasteiger charge is 2.03. The third kappa shape index (κ3) is 5.31. The quantitative estimate of drug-likeness (QED) is 0.682. The first-order valence-electron chi connectivity index (χ1n) is 5.38. The van der Waals surface area contributed by atoms with Crippen LogP contribution in [0.15, 0.2) is 12.3 Å². The second-order valence-electron chi connectivity index (χ2n) is 3.52. The molecule has 0 radical (unpaired) electrons. The number of hydrogen-bond acceptors (Lipinski definition) is 3. The van der Waals surface area contributed by atoms with Crippen molar-refractivity contribution in [2.24, 2.45) is 0 Å². The van der Waals surface area contributed by atoms with Crippen molar-refractivity contribution in [2.45, 2.75) is 26.2 Å². The zero-order chi connectivity index (χ0) is 12.7. The molecule has 0 saturated heterocycles. The third-order valence-electron chi connectivity index (χ3n) is 2.01. The molecular weight excluding hydrogens is 240 g/mol. The fourth-order valence-corrected chi connectivity index (χ4v) is 1.25. The molecule has 17 heavy (non-hydrogen) atoms. The van der Waals surface area contributed by atoms with E-state index in [1.165, 1.54) is 12.3 Å². The second kappa shape index (κ2) is 6.85. The predicted molar refractivity (Wildman–Crippen MR) is 69.4 cm³/mol. The van der Waals surface area contributed by atoms with Crippen LogP contribution in [0.25, 0.3) is 6.08 Å². The van der Waals surface area contributed by atoms with E-state index in [1.807, 2.05) is 6.92 Å². The summed E-state index contributed by atoms with van der Waals surface area (Å²) in [6.45, 7) is 2.04. The van der Waals surface area contributed by atoms with E-state index in [1.54, 1.807) is 6.08 Å². The number of aromatic amines is 1. The van der Waals surface area contributed by atoms with Gasteiger partial charge in [-0.1, -0.05) is 24.9 Å². The van der Waals surface area contributed by atoms with Crippen LogP contribution < -0.4 is 5.32 Å². The van der Waals surface area contributed by atoms with Gasteiger partial charge in [0.25, 0.3) is 0 Å². The largest absolute Gasteiger partial charge is 0.325 e. The molecule has 0 saturated carbocycles. The number of carbonyl (C=O) groups is 1. The van der Waals surface area contributed by atoms with Crippen molar-refractivity contribution in [3.63, 3.8) is 0 Å². The van der Waals surface area contributed by atoms with Crippen molar-refractivity contribution in [2.75, 3.05) is 5.32 Å². The highest BCUT2D eigenvalue weighted by atomic mass is 35.5. The molecule has 0 unspecified atom stereocenters. The third-order valence-corrected chi connectivity index (χ3v) is 2.14. The Hall–Kier alpha value is -1.62. The van der Waals surface area contributed by atoms with Gasteiger partial charge >= 0.3 is 0 Å². The van der Waals surface area contributed by atoms with Gasteiger partial charge < -0.3 is 10.3 Å². The monoisotopic (exact) mass is 254 g/mol. The summed E-state index contributed by atoms with van der Waals surface area (Å²) in [5.74, 6) is 1.06. The number of carbonyl (C=O) groups excluding carboxylic acids is 1. The lowest BCUT2D eigenvalue weighted by atomic mass is 10.2. The van der Waals surface area contributed by atoms with Crippen molar-refractivity contribution < 1.29 is 4.79 Å². The van der Waals surface area contributed by atoms with Crippen LogP contribution in [0.2, 0.25) is 0 Å². The molecule has 1 aromatic rings. The van der Waals surface area contributed by atoms with Crippen LogP contribution in [0.1, 0.15) is 32.0 Å². The maximum absolute atomic E-state index is 11.4. The van der Waals surface area contributed by atoms with Crippen LogP contribution in [-0.4, -0.2) is 21.0 Å². The molecule has 5 nitrogen and oxygen atoms in total. The van der Waals surface area contributed by atoms with Crippen LogP contribution in [0.3, 0.4) is 0 Å². The van der Waals surface area contributed by atoms with E-state index in [4.69, 9.17) is 17.0 Å². The Morgan fingerprint density at radius 3 is 3.12 bits per heavy atom. The Labute approximate surface area is 105 Å². The van der Waals surface area contributed by atoms with Crippen molar-refractivity contribution in [3.05, 3.63) is 18.1 Å². The van der Waals surface area contributed by atoms with Crippen molar-refractivity contribution >= 4 is 34.6 Å². The highest BCUT2D eigenvalue weighted by Crippen LogP contribution is 2.06. The molecule has 0 fully saturated rings. The molecule has 0 aliphatic heterocycles. The molecule has 0 atom stereocenters. The summed E-state index contributed by atoms with van der Waals surface area (Å²) in [5, 5.41) is 9.64. The van der Waals surface area contributed by atoms with E-state index >= 15 is 0 Å². The van der Waals surface area contributed by atoms with Gasteiger partial charge in [-0.05, 0) is 18.6 Å². The molecule has 92 valence electrons. The predicted octanol–water partition coefficient (Wildman–Crippen LogP) is 2.77. The maximum atomic E-state index is 11.4. The van der Waals surface area contributed by atoms with Gasteiger partial charge in [0.2, 0.25) is 5.91 Å². The first-order chi connectivity index (χ1) is 8.11. The molecule has 1 rings (SSSR count). The molecule has 3 N–H and O–H groups in total. The van der Waals surface area contributed by atoms with E-state index in [0.29, 0.717) is 18.1 Å². The maximum Gasteiger partial charge on any atom is 0.225 e. The SMILES string of the molecule is CCCCC(=O)Nc1cnc(/C=C\C(=N)Cl)[nH]1. The van der Waals surface area contributed by atoms with Gasteiger partial charge in [0.15, 0.2) is 0 Å². The Bertz CT molecular complexity index is 425. The van der Waals surface area contributed by atoms with E-state index < -0.39 is 0 Å². The van der Waals surface area contributed by atoms with Gasteiger partial charge in [-0.25, -0.2) is 4.98 Å². The lowest BCUT2D eigenvalue weighted by molar-refractivity contribution is -0.116. The van der Waals surface area contributed by atoms with Crippen LogP contribution in [0.5, 0.6) is 0 Å². The molecule has 0 bridgehead atoms. The number of nitrogens with one attached hydrogen (secondary N) is 3. The van der Waals surface area contributed by atoms with Gasteiger partial charge in [-0.2, -0.15) is 0 Å². The zero-order valence-electron chi connectivity index (χ0n) is 9.59. The minimum atomic E-state index is -0.0741. The molecule has 1 amide bonds. The fraction of sp³-hybridized carbons (Fsp3) is 0.364. The minimum absolute atomic E-state index is 0.0314. The number of aromatic nitrogens is 2. The molecule has 1 heterocycles. The van der Waals surface area contributed by atoms with Gasteiger partial charge in [0, 0.05) is 6.42 Å². The van der Waals surface area contributed by atoms with Crippen molar-refractivity contribution in [1.82, 2.24) is 9.97 Å². The van der Waals surface area contributed by atoms with Gasteiger partial charge in [0.05, 0.1) is 6.20 Å². The Morgan fingerprint density at radius 1 is 1.71 bits per heavy atom. The second-order valence-corrected chi connectivity index (χ2v) is 3.92. The normalized spacial score (nSPS) is 10.7. The summed E-state index contributed by atoms with van der Waals surface area (Å²) in [6.07, 6.45) is 6.87. The summed E-state index contributed by atoms with van der Waals surface area (Å²) >= 11 is 5.36. The van der Waals surface area contributed by atoms with E-state index in [-0.39, 0.29) is 11.1 Å². The standard InChI is InChI=1S/C11H15ClN4O/c1-2-3-4-11(17)16-10-7-14-9(15-10)6-5-8(12)13/h5-7,13H,2-4H2,1H3,(H,14,15)(H,16,17)/b6-5-,13-8?. The number of allylic oxidation sites excluding steroid dienone is 1. The molecule has 0 spiro atoms. The van der Waals surface area contributed by atoms with Gasteiger partial charge in [-0.15, -0.1) is 0 Å². The summed E-state index contributed by atoms with van der Waals surface area (Å²) in [5.41, 5.74) is 0. The summed E-state index contributed by atoms with van der Waals surface area (Å²) in [4.78, 5) is 18.3. The number of nitrogens with zero attached hydrogens (tertiary/aromatic N) is 1. The molecule has 6 heteroatoms. The zero-order valence-corrected chi connectivity index (χ0v) is 10.3. The van der Waals surface area contributed by atoms with Crippen LogP contribution >= 0.6 is 11.6 Å². The number of imidazole rings is 1. The van der Waals surface area contributed by atoms with Gasteiger partial charge in [0.1, 0.15) is 16.8 Å². The fourth-order valence-electron chi connectivity index (χ4n) is 1.19. The molecular formula is C11H15ClN4O. The lowest BCUT2D eigenvalue weighted by Crippen LogP contribution is -2.11. The van der Waals surface area contributed by atoms with Crippen molar-refractivity contribution in [3.8, 4) is 0 Å². The molecule has 1 aromatic heterocycles. The number of anilines is 1. The average molecular weight is 255 g/mol. The number of rotatable bonds is 6. The van der Waals surface area contributed by atoms with E-state index in [9.17, 15) is 4.79 Å². The number of amides is 1.